The summed E-state index contributed by atoms with van der Waals surface area (Å²) in [7, 11) is 0. The fraction of sp³-hybridized carbons (Fsp3) is 0.625. The lowest BCUT2D eigenvalue weighted by atomic mass is 10.2. The highest BCUT2D eigenvalue weighted by atomic mass is 32.1. The van der Waals surface area contributed by atoms with E-state index in [1.807, 2.05) is 0 Å². The van der Waals surface area contributed by atoms with E-state index in [2.05, 4.69) is 42.1 Å². The van der Waals surface area contributed by atoms with E-state index >= 15 is 0 Å². The maximum atomic E-state index is 5.98. The van der Waals surface area contributed by atoms with Crippen LogP contribution in [0.15, 0.2) is 11.4 Å². The van der Waals surface area contributed by atoms with Crippen LogP contribution in [0.4, 0.5) is 5.82 Å². The number of hydrogen-bond donors (Lipinski definition) is 0. The second-order valence-electron chi connectivity index (χ2n) is 6.04. The van der Waals surface area contributed by atoms with Gasteiger partial charge in [0.05, 0.1) is 11.5 Å². The molecule has 3 rings (SSSR count). The number of fused-ring (bicyclic) bond motifs is 1. The van der Waals surface area contributed by atoms with Crippen LogP contribution in [0.1, 0.15) is 33.0 Å². The van der Waals surface area contributed by atoms with E-state index in [4.69, 9.17) is 9.72 Å². The molecule has 1 aliphatic rings. The zero-order valence-corrected chi connectivity index (χ0v) is 13.8. The molecule has 0 aliphatic carbocycles. The standard InChI is InChI=1S/C16H23N3OS/c1-4-14-17-15(13-6-8-21-16(13)18-14)19-7-5-12(9-19)20-10-11(2)3/h6,8,11-12H,4-5,7,9-10H2,1-3H3. The first-order valence-corrected chi connectivity index (χ1v) is 8.66. The van der Waals surface area contributed by atoms with Crippen LogP contribution >= 0.6 is 11.3 Å². The first-order chi connectivity index (χ1) is 10.2. The average Bonchev–Trinajstić information content (AvgIpc) is 3.12. The van der Waals surface area contributed by atoms with E-state index < -0.39 is 0 Å². The van der Waals surface area contributed by atoms with Gasteiger partial charge in [0.2, 0.25) is 0 Å². The minimum absolute atomic E-state index is 0.334. The second kappa shape index (κ2) is 6.28. The largest absolute Gasteiger partial charge is 0.376 e. The summed E-state index contributed by atoms with van der Waals surface area (Å²) >= 11 is 1.70. The molecule has 3 heterocycles. The summed E-state index contributed by atoms with van der Waals surface area (Å²) in [6.45, 7) is 9.30. The van der Waals surface area contributed by atoms with Crippen molar-refractivity contribution in [2.24, 2.45) is 5.92 Å². The number of hydrogen-bond acceptors (Lipinski definition) is 5. The highest BCUT2D eigenvalue weighted by Crippen LogP contribution is 2.30. The lowest BCUT2D eigenvalue weighted by molar-refractivity contribution is 0.0497. The van der Waals surface area contributed by atoms with Crippen LogP contribution in [0, 0.1) is 5.92 Å². The summed E-state index contributed by atoms with van der Waals surface area (Å²) in [5.74, 6) is 2.62. The Morgan fingerprint density at radius 3 is 3.05 bits per heavy atom. The molecule has 5 heteroatoms. The summed E-state index contributed by atoms with van der Waals surface area (Å²) in [5, 5.41) is 3.28. The van der Waals surface area contributed by atoms with Crippen molar-refractivity contribution in [3.8, 4) is 0 Å². The number of aromatic nitrogens is 2. The number of rotatable bonds is 5. The fourth-order valence-electron chi connectivity index (χ4n) is 2.67. The van der Waals surface area contributed by atoms with E-state index in [-0.39, 0.29) is 0 Å². The Morgan fingerprint density at radius 2 is 2.29 bits per heavy atom. The van der Waals surface area contributed by atoms with Gasteiger partial charge >= 0.3 is 0 Å². The molecule has 0 bridgehead atoms. The van der Waals surface area contributed by atoms with Crippen LogP contribution in [0.5, 0.6) is 0 Å². The predicted molar refractivity (Wildman–Crippen MR) is 88.2 cm³/mol. The minimum atomic E-state index is 0.334. The highest BCUT2D eigenvalue weighted by molar-refractivity contribution is 7.16. The maximum absolute atomic E-state index is 5.98. The van der Waals surface area contributed by atoms with Gasteiger partial charge in [-0.25, -0.2) is 9.97 Å². The quantitative estimate of drug-likeness (QED) is 0.847. The molecular weight excluding hydrogens is 282 g/mol. The summed E-state index contributed by atoms with van der Waals surface area (Å²) in [6.07, 6.45) is 2.30. The van der Waals surface area contributed by atoms with Gasteiger partial charge in [-0.05, 0) is 23.8 Å². The van der Waals surface area contributed by atoms with Gasteiger partial charge in [-0.2, -0.15) is 0 Å². The van der Waals surface area contributed by atoms with Crippen LogP contribution in [0.2, 0.25) is 0 Å². The zero-order valence-electron chi connectivity index (χ0n) is 13.0. The van der Waals surface area contributed by atoms with Crippen LogP contribution in [0.3, 0.4) is 0 Å². The number of thiophene rings is 1. The number of ether oxygens (including phenoxy) is 1. The zero-order chi connectivity index (χ0) is 14.8. The van der Waals surface area contributed by atoms with Crippen LogP contribution in [0.25, 0.3) is 10.2 Å². The average molecular weight is 305 g/mol. The van der Waals surface area contributed by atoms with Crippen molar-refractivity contribution in [2.45, 2.75) is 39.7 Å². The highest BCUT2D eigenvalue weighted by Gasteiger charge is 2.26. The molecule has 1 aliphatic heterocycles. The molecule has 0 aromatic carbocycles. The van der Waals surface area contributed by atoms with Crippen molar-refractivity contribution in [1.82, 2.24) is 9.97 Å². The lowest BCUT2D eigenvalue weighted by Crippen LogP contribution is -2.25. The van der Waals surface area contributed by atoms with E-state index in [1.165, 1.54) is 5.39 Å². The van der Waals surface area contributed by atoms with Gasteiger partial charge in [0.1, 0.15) is 16.5 Å². The van der Waals surface area contributed by atoms with E-state index in [0.717, 1.165) is 49.0 Å². The molecule has 0 N–H and O–H groups in total. The Bertz CT molecular complexity index is 611. The van der Waals surface area contributed by atoms with Crippen molar-refractivity contribution in [2.75, 3.05) is 24.6 Å². The lowest BCUT2D eigenvalue weighted by Gasteiger charge is -2.19. The van der Waals surface area contributed by atoms with Gasteiger partial charge in [-0.1, -0.05) is 20.8 Å². The molecule has 0 saturated carbocycles. The molecule has 2 aromatic heterocycles. The van der Waals surface area contributed by atoms with Gasteiger partial charge in [0.15, 0.2) is 0 Å². The van der Waals surface area contributed by atoms with Gasteiger partial charge < -0.3 is 9.64 Å². The first-order valence-electron chi connectivity index (χ1n) is 7.78. The summed E-state index contributed by atoms with van der Waals surface area (Å²) in [6, 6.07) is 2.14. The first kappa shape index (κ1) is 14.7. The third kappa shape index (κ3) is 3.19. The van der Waals surface area contributed by atoms with Crippen molar-refractivity contribution >= 4 is 27.4 Å². The third-order valence-electron chi connectivity index (χ3n) is 3.78. The Hall–Kier alpha value is -1.20. The fourth-order valence-corrected chi connectivity index (χ4v) is 3.44. The molecule has 114 valence electrons. The summed E-state index contributed by atoms with van der Waals surface area (Å²) in [5.41, 5.74) is 0. The molecule has 0 radical (unpaired) electrons. The Morgan fingerprint density at radius 1 is 1.43 bits per heavy atom. The molecular formula is C16H23N3OS. The van der Waals surface area contributed by atoms with Crippen LogP contribution < -0.4 is 4.90 Å². The molecule has 1 saturated heterocycles. The van der Waals surface area contributed by atoms with Crippen LogP contribution in [-0.2, 0) is 11.2 Å². The maximum Gasteiger partial charge on any atom is 0.141 e. The molecule has 1 unspecified atom stereocenters. The Labute approximate surface area is 130 Å². The summed E-state index contributed by atoms with van der Waals surface area (Å²) in [4.78, 5) is 12.8. The van der Waals surface area contributed by atoms with E-state index in [0.29, 0.717) is 12.0 Å². The minimum Gasteiger partial charge on any atom is -0.376 e. The number of aryl methyl sites for hydroxylation is 1. The Kier molecular flexibility index (Phi) is 4.40. The van der Waals surface area contributed by atoms with Crippen molar-refractivity contribution in [3.63, 3.8) is 0 Å². The molecule has 4 nitrogen and oxygen atoms in total. The normalized spacial score (nSPS) is 19.0. The van der Waals surface area contributed by atoms with Crippen molar-refractivity contribution in [1.29, 1.82) is 0 Å². The number of nitrogens with zero attached hydrogens (tertiary/aromatic N) is 3. The SMILES string of the molecule is CCc1nc(N2CCC(OCC(C)C)C2)c2ccsc2n1. The molecule has 1 atom stereocenters. The molecule has 1 fully saturated rings. The topological polar surface area (TPSA) is 38.2 Å². The molecule has 0 spiro atoms. The van der Waals surface area contributed by atoms with Gasteiger partial charge in [-0.3, -0.25) is 0 Å². The molecule has 2 aromatic rings. The van der Waals surface area contributed by atoms with E-state index in [1.54, 1.807) is 11.3 Å². The second-order valence-corrected chi connectivity index (χ2v) is 6.93. The predicted octanol–water partition coefficient (Wildman–Crippen LogP) is 3.51. The van der Waals surface area contributed by atoms with E-state index in [9.17, 15) is 0 Å². The molecule has 21 heavy (non-hydrogen) atoms. The van der Waals surface area contributed by atoms with Gasteiger partial charge in [0.25, 0.3) is 0 Å². The smallest absolute Gasteiger partial charge is 0.141 e. The van der Waals surface area contributed by atoms with Gasteiger partial charge in [0, 0.05) is 26.1 Å². The van der Waals surface area contributed by atoms with Crippen molar-refractivity contribution in [3.05, 3.63) is 17.3 Å². The Balaban J connectivity index is 1.79. The van der Waals surface area contributed by atoms with Crippen LogP contribution in [-0.4, -0.2) is 35.8 Å². The monoisotopic (exact) mass is 305 g/mol. The van der Waals surface area contributed by atoms with Crippen molar-refractivity contribution < 1.29 is 4.74 Å². The number of anilines is 1. The molecule has 0 amide bonds. The van der Waals surface area contributed by atoms with Gasteiger partial charge in [-0.15, -0.1) is 11.3 Å². The summed E-state index contributed by atoms with van der Waals surface area (Å²) < 4.78 is 5.98. The third-order valence-corrected chi connectivity index (χ3v) is 4.58.